The normalized spacial score (nSPS) is 26.4. The highest BCUT2D eigenvalue weighted by molar-refractivity contribution is 7.49. The lowest BCUT2D eigenvalue weighted by Gasteiger charge is -2.44. The van der Waals surface area contributed by atoms with E-state index in [1.165, 1.54) is 18.1 Å². The molecule has 30 heteroatoms. The van der Waals surface area contributed by atoms with Gasteiger partial charge in [0.25, 0.3) is 0 Å². The quantitative estimate of drug-likeness (QED) is 0.0737. The third kappa shape index (κ3) is 14.9. The summed E-state index contributed by atoms with van der Waals surface area (Å²) in [6.45, 7) is 0.917. The van der Waals surface area contributed by atoms with Gasteiger partial charge in [0.1, 0.15) is 25.0 Å². The molecule has 306 valence electrons. The molecule has 52 heavy (non-hydrogen) atoms. The molecule has 8 atom stereocenters. The van der Waals surface area contributed by atoms with E-state index in [0.717, 1.165) is 35.5 Å². The molecule has 0 aromatic rings. The second-order valence-corrected chi connectivity index (χ2v) is 17.7. The molecular formula is C22H46N3O22P5. The molecule has 1 fully saturated rings. The van der Waals surface area contributed by atoms with Crippen LogP contribution in [-0.4, -0.2) is 133 Å². The number of ether oxygens (including phenoxy) is 3. The maximum absolute atomic E-state index is 13.1. The molecule has 0 aromatic carbocycles. The minimum absolute atomic E-state index is 0.0553. The van der Waals surface area contributed by atoms with Gasteiger partial charge >= 0.3 is 40.0 Å². The molecule has 0 radical (unpaired) electrons. The Hall–Kier alpha value is -0.360. The molecule has 0 aliphatic carbocycles. The van der Waals surface area contributed by atoms with Crippen molar-refractivity contribution in [2.45, 2.75) is 44.6 Å². The van der Waals surface area contributed by atoms with E-state index in [1.807, 2.05) is 0 Å². The zero-order valence-corrected chi connectivity index (χ0v) is 33.7. The Kier molecular flexibility index (Phi) is 20.0. The van der Waals surface area contributed by atoms with Crippen LogP contribution in [0.5, 0.6) is 0 Å². The van der Waals surface area contributed by atoms with Crippen molar-refractivity contribution in [3.63, 3.8) is 0 Å². The van der Waals surface area contributed by atoms with Gasteiger partial charge in [0, 0.05) is 47.2 Å². The Morgan fingerprint density at radius 2 is 1.54 bits per heavy atom. The number of hydrogen-bond acceptors (Lipinski definition) is 23. The van der Waals surface area contributed by atoms with Gasteiger partial charge in [0.2, 0.25) is 0 Å². The second-order valence-electron chi connectivity index (χ2n) is 10.7. The molecule has 5 N–H and O–H groups in total. The highest BCUT2D eigenvalue weighted by atomic mass is 31.2. The van der Waals surface area contributed by atoms with Crippen LogP contribution >= 0.6 is 40.0 Å². The van der Waals surface area contributed by atoms with E-state index in [0.29, 0.717) is 5.70 Å². The lowest BCUT2D eigenvalue weighted by molar-refractivity contribution is -0.286. The van der Waals surface area contributed by atoms with E-state index in [1.54, 1.807) is 6.92 Å². The summed E-state index contributed by atoms with van der Waals surface area (Å²) in [5.74, 6) is 0. The first-order chi connectivity index (χ1) is 24.4. The zero-order valence-electron chi connectivity index (χ0n) is 29.2. The fourth-order valence-electron chi connectivity index (χ4n) is 4.08. The summed E-state index contributed by atoms with van der Waals surface area (Å²) in [7, 11) is -14.0. The molecule has 2 aliphatic heterocycles. The van der Waals surface area contributed by atoms with Crippen molar-refractivity contribution in [3.05, 3.63) is 11.9 Å². The van der Waals surface area contributed by atoms with Crippen LogP contribution in [-0.2, 0) is 86.8 Å². The van der Waals surface area contributed by atoms with Crippen LogP contribution in [0, 0.1) is 5.41 Å². The number of aliphatic hydroxyl groups is 1. The Morgan fingerprint density at radius 1 is 0.885 bits per heavy atom. The largest absolute Gasteiger partial charge is 0.474 e. The molecule has 0 spiro atoms. The van der Waals surface area contributed by atoms with Crippen molar-refractivity contribution in [1.29, 1.82) is 0 Å². The van der Waals surface area contributed by atoms with Crippen LogP contribution < -0.4 is 11.0 Å². The maximum atomic E-state index is 13.1. The molecule has 5 unspecified atom stereocenters. The van der Waals surface area contributed by atoms with Crippen molar-refractivity contribution in [3.8, 4) is 0 Å². The lowest BCUT2D eigenvalue weighted by Crippen LogP contribution is -2.61. The summed E-state index contributed by atoms with van der Waals surface area (Å²) in [6.07, 6.45) is -7.03. The van der Waals surface area contributed by atoms with Gasteiger partial charge in [0.15, 0.2) is 12.4 Å². The zero-order chi connectivity index (χ0) is 39.2. The Bertz CT molecular complexity index is 1330. The Balaban J connectivity index is 2.27. The number of rotatable bonds is 27. The van der Waals surface area contributed by atoms with Crippen molar-refractivity contribution in [2.75, 3.05) is 81.9 Å². The third-order valence-electron chi connectivity index (χ3n) is 6.79. The fourth-order valence-corrected chi connectivity index (χ4v) is 7.47. The number of hydrogen-bond donors (Lipinski definition) is 5. The molecule has 1 saturated heterocycles. The predicted molar refractivity (Wildman–Crippen MR) is 172 cm³/mol. The molecule has 2 heterocycles. The smallest absolute Gasteiger partial charge is 0.396 e. The number of nitrogens with one attached hydrogen (secondary N) is 2. The third-order valence-corrected chi connectivity index (χ3v) is 11.9. The van der Waals surface area contributed by atoms with E-state index in [2.05, 4.69) is 20.0 Å². The summed E-state index contributed by atoms with van der Waals surface area (Å²) in [5, 5.41) is 11.2. The summed E-state index contributed by atoms with van der Waals surface area (Å²) >= 11 is 0. The maximum Gasteiger partial charge on any atom is 0.474 e. The second kappa shape index (κ2) is 21.8. The number of nitrogens with zero attached hydrogens (tertiary/aromatic N) is 1. The standard InChI is InChI=1S/C22H46N3O22P5/c1-8-41-50(30,31)43-14-22(2,12-26)13-39-15-25-9-16(23-24-25)10-40-21-20(45-48-27)19(47-52(33,37-6)38-7)18(46-49(28,29)34-3)17(44-21)11-42-51(32,35-4)36-5/h9,17-21,23-24,26H,8,10-15H2,1-7H3,(H,28,29)(H,30,31)/t17?,18-,19+,20?,21+,22?/m1/s1. The minimum Gasteiger partial charge on any atom is -0.396 e. The van der Waals surface area contributed by atoms with Gasteiger partial charge < -0.3 is 34.5 Å². The van der Waals surface area contributed by atoms with Crippen LogP contribution in [0.25, 0.3) is 0 Å². The van der Waals surface area contributed by atoms with E-state index < -0.39 is 89.3 Å². The van der Waals surface area contributed by atoms with Crippen molar-refractivity contribution >= 4 is 40.0 Å². The van der Waals surface area contributed by atoms with Crippen LogP contribution in [0.15, 0.2) is 11.9 Å². The number of hydrazine groups is 2. The van der Waals surface area contributed by atoms with Crippen LogP contribution in [0.4, 0.5) is 0 Å². The molecule has 25 nitrogen and oxygen atoms in total. The van der Waals surface area contributed by atoms with Crippen molar-refractivity contribution in [1.82, 2.24) is 16.0 Å². The van der Waals surface area contributed by atoms with Gasteiger partial charge in [-0.3, -0.25) is 54.8 Å². The van der Waals surface area contributed by atoms with Crippen LogP contribution in [0.3, 0.4) is 0 Å². The Morgan fingerprint density at radius 3 is 2.10 bits per heavy atom. The number of phosphoric ester groups is 4. The van der Waals surface area contributed by atoms with Crippen molar-refractivity contribution < 1.29 is 102 Å². The average Bonchev–Trinajstić information content (AvgIpc) is 3.58. The summed E-state index contributed by atoms with van der Waals surface area (Å²) in [6, 6.07) is 0. The lowest BCUT2D eigenvalue weighted by atomic mass is 9.95. The highest BCUT2D eigenvalue weighted by Crippen LogP contribution is 2.55. The minimum atomic E-state index is -4.91. The van der Waals surface area contributed by atoms with Crippen LogP contribution in [0.2, 0.25) is 0 Å². The number of phosphoric acid groups is 4. The van der Waals surface area contributed by atoms with Gasteiger partial charge in [-0.2, -0.15) is 0 Å². The summed E-state index contributed by atoms with van der Waals surface area (Å²) < 4.78 is 134. The average molecular weight is 859 g/mol. The van der Waals surface area contributed by atoms with Gasteiger partial charge in [0.05, 0.1) is 45.3 Å². The van der Waals surface area contributed by atoms with E-state index >= 15 is 0 Å². The molecular weight excluding hydrogens is 813 g/mol. The first kappa shape index (κ1) is 47.8. The summed E-state index contributed by atoms with van der Waals surface area (Å²) in [4.78, 5) is 19.9. The SMILES string of the molecule is CCOP(=O)(O)OCC(C)(CO)COCN1C=C(CO[C@H]2OC(COP(=O)(OC)OC)[C@@H](OP(=O)(O)OC)[C@H](OP(=O)(OC)OC)C2OP=O)NN1. The number of aliphatic hydroxyl groups excluding tert-OH is 1. The van der Waals surface area contributed by atoms with E-state index in [-0.39, 0.29) is 33.2 Å². The first-order valence-electron chi connectivity index (χ1n) is 14.8. The van der Waals surface area contributed by atoms with Gasteiger partial charge in [-0.15, -0.1) is 5.53 Å². The fraction of sp³-hybridized carbons (Fsp3) is 0.909. The van der Waals surface area contributed by atoms with E-state index in [9.17, 15) is 37.7 Å². The molecule has 0 saturated carbocycles. The molecule has 2 aliphatic rings. The molecule has 2 rings (SSSR count). The monoisotopic (exact) mass is 859 g/mol. The predicted octanol–water partition coefficient (Wildman–Crippen LogP) is 1.95. The van der Waals surface area contributed by atoms with Gasteiger partial charge in [-0.1, -0.05) is 6.92 Å². The molecule has 0 bridgehead atoms. The summed E-state index contributed by atoms with van der Waals surface area (Å²) in [5.41, 5.74) is 4.81. The first-order valence-corrected chi connectivity index (χ1v) is 21.4. The van der Waals surface area contributed by atoms with Crippen LogP contribution in [0.1, 0.15) is 13.8 Å². The highest BCUT2D eigenvalue weighted by Gasteiger charge is 2.55. The van der Waals surface area contributed by atoms with Crippen molar-refractivity contribution in [2.24, 2.45) is 5.41 Å². The van der Waals surface area contributed by atoms with Gasteiger partial charge in [-0.05, 0) is 6.92 Å². The molecule has 0 amide bonds. The molecule has 0 aromatic heterocycles. The topological polar surface area (TPSA) is 303 Å². The Labute approximate surface area is 301 Å². The van der Waals surface area contributed by atoms with E-state index in [4.69, 9.17) is 54.9 Å². The van der Waals surface area contributed by atoms with Gasteiger partial charge in [-0.25, -0.2) is 22.8 Å².